The number of rotatable bonds is 3. The molecule has 0 aromatic carbocycles. The molecule has 0 aliphatic carbocycles. The maximum absolute atomic E-state index is 12.1. The van der Waals surface area contributed by atoms with Crippen LogP contribution in [0.25, 0.3) is 0 Å². The molecule has 1 aliphatic rings. The summed E-state index contributed by atoms with van der Waals surface area (Å²) < 4.78 is 5.45. The molecule has 0 aromatic heterocycles. The maximum Gasteiger partial charge on any atom is 0.410 e. The minimum atomic E-state index is -0.411. The fraction of sp³-hybridized carbons (Fsp3) is 0.933. The average Bonchev–Trinajstić information content (AvgIpc) is 2.26. The van der Waals surface area contributed by atoms with E-state index in [0.717, 1.165) is 19.5 Å². The lowest BCUT2D eigenvalue weighted by molar-refractivity contribution is 0.0147. The topological polar surface area (TPSA) is 41.6 Å². The quantitative estimate of drug-likeness (QED) is 0.857. The summed E-state index contributed by atoms with van der Waals surface area (Å²) in [5.74, 6) is 0.517. The van der Waals surface area contributed by atoms with E-state index in [1.165, 1.54) is 6.42 Å². The minimum Gasteiger partial charge on any atom is -0.444 e. The van der Waals surface area contributed by atoms with Gasteiger partial charge >= 0.3 is 6.09 Å². The number of nitrogens with zero attached hydrogens (tertiary/aromatic N) is 1. The number of amides is 1. The number of hydrogen-bond acceptors (Lipinski definition) is 3. The Morgan fingerprint density at radius 1 is 1.32 bits per heavy atom. The first-order valence-electron chi connectivity index (χ1n) is 7.43. The van der Waals surface area contributed by atoms with Gasteiger partial charge in [-0.05, 0) is 46.5 Å². The van der Waals surface area contributed by atoms with Gasteiger partial charge in [0.05, 0.1) is 0 Å². The molecule has 4 heteroatoms. The second-order valence-electron chi connectivity index (χ2n) is 6.94. The predicted octanol–water partition coefficient (Wildman–Crippen LogP) is 3.02. The van der Waals surface area contributed by atoms with E-state index in [1.807, 2.05) is 25.7 Å². The molecule has 0 unspecified atom stereocenters. The van der Waals surface area contributed by atoms with Crippen molar-refractivity contribution in [3.05, 3.63) is 0 Å². The van der Waals surface area contributed by atoms with Gasteiger partial charge in [0.2, 0.25) is 0 Å². The van der Waals surface area contributed by atoms with Crippen molar-refractivity contribution in [2.24, 2.45) is 5.92 Å². The molecule has 1 fully saturated rings. The summed E-state index contributed by atoms with van der Waals surface area (Å²) in [6, 6.07) is 0.914. The number of nitrogens with one attached hydrogen (secondary N) is 1. The molecular weight excluding hydrogens is 240 g/mol. The molecule has 0 radical (unpaired) electrons. The average molecular weight is 270 g/mol. The lowest BCUT2D eigenvalue weighted by Crippen LogP contribution is -2.49. The van der Waals surface area contributed by atoms with Crippen LogP contribution >= 0.6 is 0 Å². The summed E-state index contributed by atoms with van der Waals surface area (Å²) in [6.07, 6.45) is 2.07. The van der Waals surface area contributed by atoms with Crippen molar-refractivity contribution in [1.82, 2.24) is 10.2 Å². The van der Waals surface area contributed by atoms with Gasteiger partial charge in [-0.2, -0.15) is 0 Å². The van der Waals surface area contributed by atoms with Crippen LogP contribution in [0.3, 0.4) is 0 Å². The Kier molecular flexibility index (Phi) is 5.65. The number of ether oxygens (including phenoxy) is 1. The van der Waals surface area contributed by atoms with E-state index in [4.69, 9.17) is 4.74 Å². The van der Waals surface area contributed by atoms with Crippen LogP contribution in [0.4, 0.5) is 4.79 Å². The molecule has 1 saturated heterocycles. The molecule has 0 spiro atoms. The summed E-state index contributed by atoms with van der Waals surface area (Å²) in [7, 11) is 0. The molecule has 1 heterocycles. The number of likely N-dealkylation sites (tertiary alicyclic amines) is 1. The van der Waals surface area contributed by atoms with Crippen molar-refractivity contribution in [3.8, 4) is 0 Å². The molecule has 0 aromatic rings. The van der Waals surface area contributed by atoms with E-state index in [1.54, 1.807) is 0 Å². The molecule has 2 atom stereocenters. The van der Waals surface area contributed by atoms with Crippen LogP contribution in [0, 0.1) is 5.92 Å². The molecule has 1 amide bonds. The maximum atomic E-state index is 12.1. The van der Waals surface area contributed by atoms with Crippen molar-refractivity contribution in [2.45, 2.75) is 72.1 Å². The normalized spacial score (nSPS) is 22.5. The SMILES string of the molecule is CC(C)N[C@H](C)[C@@H]1CCCN(C(=O)OC(C)(C)C)C1. The van der Waals surface area contributed by atoms with Gasteiger partial charge in [0.25, 0.3) is 0 Å². The van der Waals surface area contributed by atoms with Crippen molar-refractivity contribution in [1.29, 1.82) is 0 Å². The smallest absolute Gasteiger partial charge is 0.410 e. The molecular formula is C15H30N2O2. The summed E-state index contributed by atoms with van der Waals surface area (Å²) >= 11 is 0. The van der Waals surface area contributed by atoms with Gasteiger partial charge in [-0.3, -0.25) is 0 Å². The Morgan fingerprint density at radius 2 is 1.95 bits per heavy atom. The third-order valence-electron chi connectivity index (χ3n) is 3.41. The summed E-state index contributed by atoms with van der Waals surface area (Å²) in [5.41, 5.74) is -0.411. The Bertz CT molecular complexity index is 297. The predicted molar refractivity (Wildman–Crippen MR) is 78.3 cm³/mol. The molecule has 1 rings (SSSR count). The van der Waals surface area contributed by atoms with E-state index in [0.29, 0.717) is 18.0 Å². The highest BCUT2D eigenvalue weighted by atomic mass is 16.6. The Labute approximate surface area is 117 Å². The van der Waals surface area contributed by atoms with Crippen molar-refractivity contribution < 1.29 is 9.53 Å². The number of carbonyl (C=O) groups is 1. The summed E-state index contributed by atoms with van der Waals surface area (Å²) in [4.78, 5) is 13.9. The minimum absolute atomic E-state index is 0.172. The zero-order chi connectivity index (χ0) is 14.6. The fourth-order valence-electron chi connectivity index (χ4n) is 2.57. The first kappa shape index (κ1) is 16.3. The zero-order valence-electron chi connectivity index (χ0n) is 13.3. The van der Waals surface area contributed by atoms with Gasteiger partial charge in [0.15, 0.2) is 0 Å². The van der Waals surface area contributed by atoms with E-state index in [-0.39, 0.29) is 6.09 Å². The molecule has 1 N–H and O–H groups in total. The van der Waals surface area contributed by atoms with E-state index in [2.05, 4.69) is 26.1 Å². The first-order chi connectivity index (χ1) is 8.69. The lowest BCUT2D eigenvalue weighted by Gasteiger charge is -2.37. The number of piperidine rings is 1. The monoisotopic (exact) mass is 270 g/mol. The van der Waals surface area contributed by atoms with Crippen molar-refractivity contribution in [3.63, 3.8) is 0 Å². The van der Waals surface area contributed by atoms with Gasteiger partial charge in [0.1, 0.15) is 5.60 Å². The van der Waals surface area contributed by atoms with Crippen LogP contribution in [0.2, 0.25) is 0 Å². The standard InChI is InChI=1S/C15H30N2O2/c1-11(2)16-12(3)13-8-7-9-17(10-13)14(18)19-15(4,5)6/h11-13,16H,7-10H2,1-6H3/t12-,13-/m1/s1. The van der Waals surface area contributed by atoms with Crippen molar-refractivity contribution >= 4 is 6.09 Å². The third-order valence-corrected chi connectivity index (χ3v) is 3.41. The summed E-state index contributed by atoms with van der Waals surface area (Å²) in [6.45, 7) is 13.9. The van der Waals surface area contributed by atoms with Crippen LogP contribution in [0.5, 0.6) is 0 Å². The molecule has 0 bridgehead atoms. The van der Waals surface area contributed by atoms with Crippen LogP contribution < -0.4 is 5.32 Å². The lowest BCUT2D eigenvalue weighted by atomic mass is 9.91. The number of carbonyl (C=O) groups excluding carboxylic acids is 1. The van der Waals surface area contributed by atoms with Gasteiger partial charge < -0.3 is 15.0 Å². The van der Waals surface area contributed by atoms with Crippen LogP contribution in [0.1, 0.15) is 54.4 Å². The van der Waals surface area contributed by atoms with Gasteiger partial charge in [-0.25, -0.2) is 4.79 Å². The Morgan fingerprint density at radius 3 is 2.47 bits per heavy atom. The fourth-order valence-corrected chi connectivity index (χ4v) is 2.57. The first-order valence-corrected chi connectivity index (χ1v) is 7.43. The number of hydrogen-bond donors (Lipinski definition) is 1. The Balaban J connectivity index is 2.52. The molecule has 112 valence electrons. The van der Waals surface area contributed by atoms with Crippen LogP contribution in [-0.4, -0.2) is 41.8 Å². The second kappa shape index (κ2) is 6.60. The second-order valence-corrected chi connectivity index (χ2v) is 6.94. The highest BCUT2D eigenvalue weighted by Gasteiger charge is 2.30. The summed E-state index contributed by atoms with van der Waals surface area (Å²) in [5, 5.41) is 3.54. The largest absolute Gasteiger partial charge is 0.444 e. The third kappa shape index (κ3) is 5.81. The van der Waals surface area contributed by atoms with Gasteiger partial charge in [-0.15, -0.1) is 0 Å². The highest BCUT2D eigenvalue weighted by molar-refractivity contribution is 5.68. The van der Waals surface area contributed by atoms with Crippen molar-refractivity contribution in [2.75, 3.05) is 13.1 Å². The van der Waals surface area contributed by atoms with E-state index < -0.39 is 5.60 Å². The van der Waals surface area contributed by atoms with Gasteiger partial charge in [0, 0.05) is 25.2 Å². The van der Waals surface area contributed by atoms with E-state index >= 15 is 0 Å². The molecule has 0 saturated carbocycles. The van der Waals surface area contributed by atoms with Crippen LogP contribution in [-0.2, 0) is 4.74 Å². The molecule has 19 heavy (non-hydrogen) atoms. The highest BCUT2D eigenvalue weighted by Crippen LogP contribution is 2.22. The van der Waals surface area contributed by atoms with Crippen LogP contribution in [0.15, 0.2) is 0 Å². The molecule has 1 aliphatic heterocycles. The zero-order valence-corrected chi connectivity index (χ0v) is 13.3. The Hall–Kier alpha value is -0.770. The molecule has 4 nitrogen and oxygen atoms in total. The van der Waals surface area contributed by atoms with E-state index in [9.17, 15) is 4.79 Å². The van der Waals surface area contributed by atoms with Gasteiger partial charge in [-0.1, -0.05) is 13.8 Å².